The summed E-state index contributed by atoms with van der Waals surface area (Å²) >= 11 is 7.76. The first-order valence-corrected chi connectivity index (χ1v) is 8.32. The molecular formula is C15H21ClN2OS. The van der Waals surface area contributed by atoms with Crippen LogP contribution in [0.25, 0.3) is 0 Å². The first-order valence-electron chi connectivity index (χ1n) is 6.95. The second-order valence-electron chi connectivity index (χ2n) is 5.27. The number of halogens is 1. The van der Waals surface area contributed by atoms with Crippen molar-refractivity contribution in [2.75, 3.05) is 12.8 Å². The number of nitrogens with two attached hydrogens (primary N) is 1. The minimum atomic E-state index is -0.505. The summed E-state index contributed by atoms with van der Waals surface area (Å²) in [7, 11) is 1.84. The van der Waals surface area contributed by atoms with Crippen molar-refractivity contribution in [2.45, 2.75) is 36.1 Å². The third-order valence-corrected chi connectivity index (χ3v) is 5.50. The molecule has 0 saturated heterocycles. The zero-order valence-corrected chi connectivity index (χ0v) is 13.3. The molecule has 1 amide bonds. The molecule has 3 nitrogen and oxygen atoms in total. The highest BCUT2D eigenvalue weighted by Gasteiger charge is 2.45. The summed E-state index contributed by atoms with van der Waals surface area (Å²) in [6, 6.07) is 7.87. The molecule has 1 saturated carbocycles. The van der Waals surface area contributed by atoms with Gasteiger partial charge in [0.1, 0.15) is 5.54 Å². The Morgan fingerprint density at radius 3 is 3.05 bits per heavy atom. The molecule has 1 fully saturated rings. The summed E-state index contributed by atoms with van der Waals surface area (Å²) < 4.78 is 0. The Morgan fingerprint density at radius 2 is 2.40 bits per heavy atom. The SMILES string of the molecule is CNC1(C(N)=O)CCCC1CCSc1cccc(Cl)c1. The lowest BCUT2D eigenvalue weighted by molar-refractivity contribution is -0.125. The molecule has 1 aliphatic rings. The molecular weight excluding hydrogens is 292 g/mol. The summed E-state index contributed by atoms with van der Waals surface area (Å²) in [5, 5.41) is 3.94. The maximum absolute atomic E-state index is 11.8. The van der Waals surface area contributed by atoms with Crippen LogP contribution in [0.1, 0.15) is 25.7 Å². The molecule has 110 valence electrons. The van der Waals surface area contributed by atoms with Gasteiger partial charge in [-0.05, 0) is 56.2 Å². The molecule has 0 aromatic heterocycles. The molecule has 0 spiro atoms. The van der Waals surface area contributed by atoms with E-state index in [1.54, 1.807) is 11.8 Å². The highest BCUT2D eigenvalue weighted by Crippen LogP contribution is 2.38. The van der Waals surface area contributed by atoms with Crippen LogP contribution in [0.15, 0.2) is 29.2 Å². The van der Waals surface area contributed by atoms with Crippen molar-refractivity contribution < 1.29 is 4.79 Å². The largest absolute Gasteiger partial charge is 0.368 e. The van der Waals surface area contributed by atoms with Gasteiger partial charge in [-0.2, -0.15) is 0 Å². The number of hydrogen-bond acceptors (Lipinski definition) is 3. The fraction of sp³-hybridized carbons (Fsp3) is 0.533. The lowest BCUT2D eigenvalue weighted by Crippen LogP contribution is -2.56. The van der Waals surface area contributed by atoms with Crippen molar-refractivity contribution in [3.63, 3.8) is 0 Å². The van der Waals surface area contributed by atoms with Crippen LogP contribution in [0.3, 0.4) is 0 Å². The second-order valence-corrected chi connectivity index (χ2v) is 6.87. The number of carbonyl (C=O) groups is 1. The molecule has 20 heavy (non-hydrogen) atoms. The highest BCUT2D eigenvalue weighted by molar-refractivity contribution is 7.99. The molecule has 0 heterocycles. The Kier molecular flexibility index (Phi) is 5.35. The van der Waals surface area contributed by atoms with E-state index in [1.165, 1.54) is 4.90 Å². The molecule has 0 aliphatic heterocycles. The molecule has 3 N–H and O–H groups in total. The van der Waals surface area contributed by atoms with Crippen molar-refractivity contribution in [3.05, 3.63) is 29.3 Å². The minimum absolute atomic E-state index is 0.213. The second kappa shape index (κ2) is 6.83. The van der Waals surface area contributed by atoms with E-state index in [0.29, 0.717) is 5.92 Å². The van der Waals surface area contributed by atoms with Crippen LogP contribution in [0, 0.1) is 5.92 Å². The number of rotatable bonds is 6. The zero-order valence-electron chi connectivity index (χ0n) is 11.7. The van der Waals surface area contributed by atoms with Gasteiger partial charge in [-0.1, -0.05) is 24.1 Å². The van der Waals surface area contributed by atoms with E-state index in [2.05, 4.69) is 11.4 Å². The summed E-state index contributed by atoms with van der Waals surface area (Å²) in [5.41, 5.74) is 5.11. The molecule has 0 radical (unpaired) electrons. The predicted octanol–water partition coefficient (Wildman–Crippen LogP) is 3.07. The molecule has 1 aliphatic carbocycles. The Balaban J connectivity index is 1.92. The number of amides is 1. The van der Waals surface area contributed by atoms with Gasteiger partial charge in [-0.15, -0.1) is 11.8 Å². The maximum atomic E-state index is 11.8. The molecule has 1 aromatic carbocycles. The summed E-state index contributed by atoms with van der Waals surface area (Å²) in [4.78, 5) is 12.9. The Hall–Kier alpha value is -0.710. The minimum Gasteiger partial charge on any atom is -0.368 e. The van der Waals surface area contributed by atoms with E-state index >= 15 is 0 Å². The Labute approximate surface area is 129 Å². The van der Waals surface area contributed by atoms with E-state index in [9.17, 15) is 4.79 Å². The van der Waals surface area contributed by atoms with Crippen LogP contribution in [-0.4, -0.2) is 24.2 Å². The predicted molar refractivity (Wildman–Crippen MR) is 85.1 cm³/mol. The number of primary amides is 1. The van der Waals surface area contributed by atoms with Gasteiger partial charge in [0.05, 0.1) is 0 Å². The van der Waals surface area contributed by atoms with Gasteiger partial charge < -0.3 is 11.1 Å². The molecule has 1 aromatic rings. The topological polar surface area (TPSA) is 55.1 Å². The fourth-order valence-electron chi connectivity index (χ4n) is 3.12. The average molecular weight is 313 g/mol. The maximum Gasteiger partial charge on any atom is 0.238 e. The number of nitrogens with one attached hydrogen (secondary N) is 1. The fourth-order valence-corrected chi connectivity index (χ4v) is 4.40. The summed E-state index contributed by atoms with van der Waals surface area (Å²) in [5.74, 6) is 1.09. The van der Waals surface area contributed by atoms with Crippen molar-refractivity contribution in [2.24, 2.45) is 11.7 Å². The normalized spacial score (nSPS) is 25.8. The number of benzene rings is 1. The quantitative estimate of drug-likeness (QED) is 0.794. The monoisotopic (exact) mass is 312 g/mol. The number of hydrogen-bond donors (Lipinski definition) is 2. The van der Waals surface area contributed by atoms with E-state index in [-0.39, 0.29) is 5.91 Å². The third kappa shape index (κ3) is 3.30. The first kappa shape index (κ1) is 15.7. The van der Waals surface area contributed by atoms with Crippen LogP contribution in [-0.2, 0) is 4.79 Å². The van der Waals surface area contributed by atoms with Crippen LogP contribution in [0.5, 0.6) is 0 Å². The van der Waals surface area contributed by atoms with Gasteiger partial charge in [0.25, 0.3) is 0 Å². The number of thioether (sulfide) groups is 1. The summed E-state index contributed by atoms with van der Waals surface area (Å²) in [6.45, 7) is 0. The van der Waals surface area contributed by atoms with Gasteiger partial charge >= 0.3 is 0 Å². The Morgan fingerprint density at radius 1 is 1.60 bits per heavy atom. The van der Waals surface area contributed by atoms with Gasteiger partial charge in [-0.3, -0.25) is 4.79 Å². The van der Waals surface area contributed by atoms with Crippen LogP contribution in [0.2, 0.25) is 5.02 Å². The molecule has 5 heteroatoms. The third-order valence-electron chi connectivity index (χ3n) is 4.24. The average Bonchev–Trinajstić information content (AvgIpc) is 2.83. The van der Waals surface area contributed by atoms with Gasteiger partial charge in [0.15, 0.2) is 0 Å². The van der Waals surface area contributed by atoms with Gasteiger partial charge in [0.2, 0.25) is 5.91 Å². The van der Waals surface area contributed by atoms with Crippen molar-refractivity contribution in [1.82, 2.24) is 5.32 Å². The van der Waals surface area contributed by atoms with Crippen molar-refractivity contribution >= 4 is 29.3 Å². The van der Waals surface area contributed by atoms with Crippen LogP contribution in [0.4, 0.5) is 0 Å². The van der Waals surface area contributed by atoms with Crippen LogP contribution < -0.4 is 11.1 Å². The zero-order chi connectivity index (χ0) is 14.6. The van der Waals surface area contributed by atoms with E-state index < -0.39 is 5.54 Å². The molecule has 2 unspecified atom stereocenters. The molecule has 0 bridgehead atoms. The van der Waals surface area contributed by atoms with Gasteiger partial charge in [-0.25, -0.2) is 0 Å². The lowest BCUT2D eigenvalue weighted by atomic mass is 9.84. The standard InChI is InChI=1S/C15H21ClN2OS/c1-18-15(14(17)19)8-3-4-11(15)7-9-20-13-6-2-5-12(16)10-13/h2,5-6,10-11,18H,3-4,7-9H2,1H3,(H2,17,19). The Bertz CT molecular complexity index is 483. The highest BCUT2D eigenvalue weighted by atomic mass is 35.5. The summed E-state index contributed by atoms with van der Waals surface area (Å²) in [6.07, 6.45) is 3.97. The van der Waals surface area contributed by atoms with Crippen molar-refractivity contribution in [3.8, 4) is 0 Å². The number of carbonyl (C=O) groups excluding carboxylic acids is 1. The first-order chi connectivity index (χ1) is 9.58. The smallest absolute Gasteiger partial charge is 0.238 e. The molecule has 2 rings (SSSR count). The molecule has 2 atom stereocenters. The van der Waals surface area contributed by atoms with E-state index in [1.807, 2.05) is 25.2 Å². The van der Waals surface area contributed by atoms with E-state index in [4.69, 9.17) is 17.3 Å². The van der Waals surface area contributed by atoms with Gasteiger partial charge in [0, 0.05) is 9.92 Å². The number of likely N-dealkylation sites (N-methyl/N-ethyl adjacent to an activating group) is 1. The van der Waals surface area contributed by atoms with Crippen LogP contribution >= 0.6 is 23.4 Å². The van der Waals surface area contributed by atoms with Crippen molar-refractivity contribution in [1.29, 1.82) is 0 Å². The van der Waals surface area contributed by atoms with E-state index in [0.717, 1.165) is 36.5 Å². The lowest BCUT2D eigenvalue weighted by Gasteiger charge is -2.32.